The summed E-state index contributed by atoms with van der Waals surface area (Å²) in [5.74, 6) is 0. The first-order chi connectivity index (χ1) is 73.0. The predicted molar refractivity (Wildman–Crippen MR) is 538 cm³/mol. The summed E-state index contributed by atoms with van der Waals surface area (Å²) in [6.07, 6.45) is 0. The summed E-state index contributed by atoms with van der Waals surface area (Å²) >= 11 is 0. The van der Waals surface area contributed by atoms with Crippen LogP contribution in [0.1, 0.15) is 32.9 Å². The van der Waals surface area contributed by atoms with Gasteiger partial charge in [0.05, 0.1) is 32.9 Å². The van der Waals surface area contributed by atoms with Crippen molar-refractivity contribution >= 4 is 141 Å². The van der Waals surface area contributed by atoms with E-state index in [-0.39, 0.29) is 137 Å². The highest BCUT2D eigenvalue weighted by Crippen LogP contribution is 2.51. The second-order valence-corrected chi connectivity index (χ2v) is 31.2. The van der Waals surface area contributed by atoms with Crippen molar-refractivity contribution in [3.05, 3.63) is 473 Å². The van der Waals surface area contributed by atoms with E-state index in [0.717, 1.165) is 87.6 Å². The molecule has 3 heteroatoms. The Balaban J connectivity index is 0.000000121. The smallest absolute Gasteiger partial charge is 0.143 e. The van der Waals surface area contributed by atoms with Crippen molar-refractivity contribution < 1.29 is 46.1 Å². The molecule has 3 heterocycles. The van der Waals surface area contributed by atoms with Crippen LogP contribution in [0.4, 0.5) is 0 Å². The maximum absolute atomic E-state index is 9.23. The van der Waals surface area contributed by atoms with Gasteiger partial charge in [-0.05, 0) is 212 Å². The number of furan rings is 3. The fourth-order valence-electron chi connectivity index (χ4n) is 18.4. The lowest BCUT2D eigenvalue weighted by Crippen LogP contribution is -1.90. The molecule has 0 radical (unpaired) electrons. The highest BCUT2D eigenvalue weighted by molar-refractivity contribution is 6.26. The number of para-hydroxylation sites is 3. The van der Waals surface area contributed by atoms with Gasteiger partial charge in [0.15, 0.2) is 0 Å². The average molecular weight is 1640 g/mol. The quantitative estimate of drug-likeness (QED) is 0.128. The van der Waals surface area contributed by atoms with Crippen molar-refractivity contribution in [1.82, 2.24) is 0 Å². The van der Waals surface area contributed by atoms with E-state index in [1.807, 2.05) is 164 Å². The van der Waals surface area contributed by atoms with E-state index in [9.17, 15) is 5.48 Å². The van der Waals surface area contributed by atoms with E-state index in [4.69, 9.17) is 40.7 Å². The number of rotatable bonds is 10. The van der Waals surface area contributed by atoms with Crippen LogP contribution in [0.2, 0.25) is 0 Å². The van der Waals surface area contributed by atoms with Crippen LogP contribution in [-0.4, -0.2) is 0 Å². The van der Waals surface area contributed by atoms with Crippen LogP contribution in [0.25, 0.3) is 252 Å². The third-order valence-electron chi connectivity index (χ3n) is 24.1. The lowest BCUT2D eigenvalue weighted by molar-refractivity contribution is 0.669. The van der Waals surface area contributed by atoms with Crippen LogP contribution in [-0.2, 0) is 0 Å². The molecule has 0 spiro atoms. The van der Waals surface area contributed by atoms with E-state index in [1.54, 1.807) is 97.1 Å². The Morgan fingerprint density at radius 1 is 0.142 bits per heavy atom. The molecule has 0 unspecified atom stereocenters. The number of fused-ring (bicyclic) bond motifs is 16. The molecule has 0 aliphatic heterocycles. The average Bonchev–Trinajstić information content (AvgIpc) is 1.31. The van der Waals surface area contributed by atoms with Crippen LogP contribution in [0.3, 0.4) is 0 Å². The molecule has 0 fully saturated rings. The van der Waals surface area contributed by atoms with Crippen LogP contribution >= 0.6 is 0 Å². The number of hydrogen-bond acceptors (Lipinski definition) is 3. The highest BCUT2D eigenvalue weighted by Gasteiger charge is 2.25. The first-order valence-electron chi connectivity index (χ1n) is 53.6. The molecular formula is C124H78O3. The molecule has 592 valence electrons. The van der Waals surface area contributed by atoms with Crippen molar-refractivity contribution in [1.29, 1.82) is 0 Å². The van der Waals surface area contributed by atoms with Gasteiger partial charge in [0.2, 0.25) is 0 Å². The molecule has 23 aromatic carbocycles. The minimum atomic E-state index is -0.430. The van der Waals surface area contributed by atoms with E-state index in [1.165, 1.54) is 0 Å². The molecule has 3 nitrogen and oxygen atoms in total. The van der Waals surface area contributed by atoms with Gasteiger partial charge >= 0.3 is 0 Å². The molecular weight excluding hydrogens is 1540 g/mol. The third-order valence-corrected chi connectivity index (χ3v) is 24.1. The Morgan fingerprint density at radius 2 is 0.370 bits per heavy atom. The normalized spacial score (nSPS) is 14.3. The summed E-state index contributed by atoms with van der Waals surface area (Å²) in [4.78, 5) is 0. The van der Waals surface area contributed by atoms with E-state index >= 15 is 0 Å². The van der Waals surface area contributed by atoms with Crippen molar-refractivity contribution in [2.75, 3.05) is 0 Å². The fraction of sp³-hybridized carbons (Fsp3) is 0. The fourth-order valence-corrected chi connectivity index (χ4v) is 18.4. The van der Waals surface area contributed by atoms with Gasteiger partial charge in [-0.15, -0.1) is 0 Å². The molecule has 0 saturated carbocycles. The third kappa shape index (κ3) is 12.9. The molecule has 0 atom stereocenters. The number of benzene rings is 23. The Morgan fingerprint density at radius 3 is 0.685 bits per heavy atom. The zero-order valence-corrected chi connectivity index (χ0v) is 67.4. The summed E-state index contributed by atoms with van der Waals surface area (Å²) in [6.45, 7) is 0. The van der Waals surface area contributed by atoms with Crippen molar-refractivity contribution in [3.8, 4) is 111 Å². The lowest BCUT2D eigenvalue weighted by atomic mass is 9.86. The Bertz CT molecular complexity index is 10100. The van der Waals surface area contributed by atoms with Crippen molar-refractivity contribution in [2.24, 2.45) is 0 Å². The first-order valence-corrected chi connectivity index (χ1v) is 41.6. The SMILES string of the molecule is [2H]c1c([2H])c([2H])c2c(-c3ccc4oc5c(-c6ccc(-c7ccccc7)cc6)cccc5c4c3)c3c([2H])c([2H])c([2H])c([2H])c3c(-c3ccccc3)c2c1[2H].[2H]c1c([2H])c([2H])c2c(-c3ccc4oc5c(-c6ccc7ccccc7c6)cccc5c4c3)c3c([2H])c([2H])c([2H])c([2H])c3c(-c3ccccc3)c2c1[2H].[2H]c1c([2H])c([2H])c2c(-c3ccc4oc5c(-c6ccccc6)cccc5c4c3)c3c([2H])c([2H])c([2H])c([2H])c3c(-c3ccccc3)c2c1[2H]. The van der Waals surface area contributed by atoms with E-state index in [2.05, 4.69) is 66.7 Å². The maximum atomic E-state index is 9.23. The largest absolute Gasteiger partial charge is 0.455 e. The lowest BCUT2D eigenvalue weighted by Gasteiger charge is -2.17. The molecule has 0 amide bonds. The Labute approximate surface area is 767 Å². The molecule has 0 saturated heterocycles. The van der Waals surface area contributed by atoms with Gasteiger partial charge in [-0.25, -0.2) is 0 Å². The number of hydrogen-bond donors (Lipinski definition) is 0. The van der Waals surface area contributed by atoms with Crippen LogP contribution < -0.4 is 0 Å². The second-order valence-electron chi connectivity index (χ2n) is 31.2. The predicted octanol–water partition coefficient (Wildman–Crippen LogP) is 35.5. The highest BCUT2D eigenvalue weighted by atomic mass is 16.3. The topological polar surface area (TPSA) is 39.4 Å². The maximum Gasteiger partial charge on any atom is 0.143 e. The summed E-state index contributed by atoms with van der Waals surface area (Å²) in [7, 11) is 0. The molecule has 3 aromatic heterocycles. The minimum absolute atomic E-state index is 0.179. The Kier molecular flexibility index (Phi) is 13.1. The zero-order valence-electron chi connectivity index (χ0n) is 91.4. The van der Waals surface area contributed by atoms with Gasteiger partial charge in [0, 0.05) is 49.0 Å². The van der Waals surface area contributed by atoms with Gasteiger partial charge in [0.25, 0.3) is 0 Å². The summed E-state index contributed by atoms with van der Waals surface area (Å²) in [5, 5.41) is 9.30. The summed E-state index contributed by atoms with van der Waals surface area (Å²) < 4.78 is 233. The van der Waals surface area contributed by atoms with E-state index < -0.39 is 72.5 Å². The van der Waals surface area contributed by atoms with Gasteiger partial charge in [0.1, 0.15) is 33.5 Å². The van der Waals surface area contributed by atoms with E-state index in [0.29, 0.717) is 100 Å². The monoisotopic (exact) mass is 1640 g/mol. The molecule has 0 N–H and O–H groups in total. The standard InChI is InChI=1S/C44H28O.C42H26O.C38H24O/c1-3-12-29(13-4-1)30-22-24-31(25-23-30)34-20-11-21-39-40-28-33(26-27-41(40)45-44(34)39)43-37-18-9-7-16-35(37)42(32-14-5-2-6-15-32)36-17-8-10-19-38(36)43;1-2-12-28(13-3-1)40-33-15-6-8-17-35(33)41(36-18-9-7-16-34(36)40)31-23-24-39-38(26-31)37-20-10-19-32(42(37)43-39)30-22-21-27-11-4-5-14-29(27)25-30;1-3-12-25(13-4-1)28-20-11-21-33-34-24-27(22-23-35(34)39-38(28)33)37-31-18-9-7-16-29(31)36(26-14-5-2-6-15-26)30-17-8-10-19-32(30)37/h1-28H;1-26H;1-24H/i7D,8D,9D,10D,16D,17D,18D,19D;6D,7D,8D,9D,15D,16D,17D,18D;7D,8D,9D,10D,16D,17D,18D,19D. The van der Waals surface area contributed by atoms with Crippen LogP contribution in [0, 0.1) is 0 Å². The molecule has 26 aromatic rings. The van der Waals surface area contributed by atoms with Gasteiger partial charge in [-0.3, -0.25) is 0 Å². The van der Waals surface area contributed by atoms with Gasteiger partial charge in [-0.2, -0.15) is 0 Å². The van der Waals surface area contributed by atoms with Crippen LogP contribution in [0.5, 0.6) is 0 Å². The zero-order chi connectivity index (χ0) is 105. The van der Waals surface area contributed by atoms with Gasteiger partial charge in [-0.1, -0.05) is 430 Å². The summed E-state index contributed by atoms with van der Waals surface area (Å²) in [5.41, 5.74) is 17.1. The minimum Gasteiger partial charge on any atom is -0.455 e. The Hall–Kier alpha value is -16.7. The molecule has 0 aliphatic rings. The molecule has 0 bridgehead atoms. The van der Waals surface area contributed by atoms with Crippen molar-refractivity contribution in [2.45, 2.75) is 0 Å². The summed E-state index contributed by atoms with van der Waals surface area (Å²) in [6, 6.07) is 95.6. The van der Waals surface area contributed by atoms with Gasteiger partial charge < -0.3 is 13.3 Å². The molecule has 26 rings (SSSR count). The molecule has 127 heavy (non-hydrogen) atoms. The second kappa shape index (κ2) is 31.3. The van der Waals surface area contributed by atoms with Crippen LogP contribution in [0.15, 0.2) is 486 Å². The molecule has 0 aliphatic carbocycles. The van der Waals surface area contributed by atoms with Crippen molar-refractivity contribution in [3.63, 3.8) is 0 Å². The first kappa shape index (κ1) is 53.2.